The van der Waals surface area contributed by atoms with Gasteiger partial charge in [-0.25, -0.2) is 4.68 Å². The number of carboxylic acids is 1. The number of amides is 1. The molecule has 0 radical (unpaired) electrons. The summed E-state index contributed by atoms with van der Waals surface area (Å²) < 4.78 is 1.11. The zero-order chi connectivity index (χ0) is 14.5. The van der Waals surface area contributed by atoms with E-state index in [1.165, 1.54) is 11.1 Å². The van der Waals surface area contributed by atoms with E-state index in [0.717, 1.165) is 16.0 Å². The first-order chi connectivity index (χ1) is 9.58. The molecule has 2 aromatic heterocycles. The second-order valence-electron chi connectivity index (χ2n) is 4.10. The van der Waals surface area contributed by atoms with Crippen LogP contribution in [0.25, 0.3) is 0 Å². The van der Waals surface area contributed by atoms with Crippen molar-refractivity contribution in [3.05, 3.63) is 33.8 Å². The molecule has 2 N–H and O–H groups in total. The average molecular weight is 294 g/mol. The van der Waals surface area contributed by atoms with Gasteiger partial charge in [-0.3, -0.25) is 9.59 Å². The minimum Gasteiger partial charge on any atom is -0.480 e. The summed E-state index contributed by atoms with van der Waals surface area (Å²) in [6.45, 7) is 2.19. The summed E-state index contributed by atoms with van der Waals surface area (Å²) in [7, 11) is 0. The second-order valence-corrected chi connectivity index (χ2v) is 5.35. The maximum Gasteiger partial charge on any atom is 0.325 e. The molecule has 20 heavy (non-hydrogen) atoms. The van der Waals surface area contributed by atoms with Crippen LogP contribution in [0.4, 0.5) is 0 Å². The number of nitrogens with one attached hydrogen (secondary N) is 1. The van der Waals surface area contributed by atoms with Crippen LogP contribution in [0.1, 0.15) is 27.2 Å². The molecular weight excluding hydrogens is 280 g/mol. The summed E-state index contributed by atoms with van der Waals surface area (Å²) in [4.78, 5) is 24.7. The Balaban J connectivity index is 1.91. The Morgan fingerprint density at radius 3 is 2.80 bits per heavy atom. The number of thiophene rings is 1. The monoisotopic (exact) mass is 294 g/mol. The van der Waals surface area contributed by atoms with Crippen molar-refractivity contribution in [1.29, 1.82) is 0 Å². The highest BCUT2D eigenvalue weighted by Crippen LogP contribution is 2.16. The van der Waals surface area contributed by atoms with Gasteiger partial charge in [0.25, 0.3) is 5.91 Å². The van der Waals surface area contributed by atoms with Gasteiger partial charge in [-0.05, 0) is 18.6 Å². The SMILES string of the molecule is CCc1ccc(CNC(=O)c2cn(CC(=O)O)nn2)s1. The number of nitrogens with zero attached hydrogens (tertiary/aromatic N) is 3. The van der Waals surface area contributed by atoms with Crippen LogP contribution < -0.4 is 5.32 Å². The molecule has 0 unspecified atom stereocenters. The fourth-order valence-electron chi connectivity index (χ4n) is 1.58. The van der Waals surface area contributed by atoms with E-state index in [2.05, 4.69) is 22.6 Å². The van der Waals surface area contributed by atoms with E-state index in [4.69, 9.17) is 5.11 Å². The number of aliphatic carboxylic acids is 1. The molecule has 2 rings (SSSR count). The molecule has 2 aromatic rings. The summed E-state index contributed by atoms with van der Waals surface area (Å²) in [5.41, 5.74) is 0.110. The third kappa shape index (κ3) is 3.64. The smallest absolute Gasteiger partial charge is 0.325 e. The van der Waals surface area contributed by atoms with Crippen molar-refractivity contribution in [1.82, 2.24) is 20.3 Å². The van der Waals surface area contributed by atoms with Gasteiger partial charge in [-0.1, -0.05) is 12.1 Å². The van der Waals surface area contributed by atoms with Crippen LogP contribution in [0.2, 0.25) is 0 Å². The first-order valence-electron chi connectivity index (χ1n) is 6.06. The molecule has 8 heteroatoms. The van der Waals surface area contributed by atoms with Gasteiger partial charge in [0, 0.05) is 9.75 Å². The van der Waals surface area contributed by atoms with Gasteiger partial charge >= 0.3 is 5.97 Å². The number of hydrogen-bond donors (Lipinski definition) is 2. The molecule has 0 saturated heterocycles. The highest BCUT2D eigenvalue weighted by atomic mass is 32.1. The van der Waals surface area contributed by atoms with E-state index < -0.39 is 5.97 Å². The third-order valence-electron chi connectivity index (χ3n) is 2.56. The van der Waals surface area contributed by atoms with Crippen LogP contribution in [0, 0.1) is 0 Å². The predicted octanol–water partition coefficient (Wildman–Crippen LogP) is 0.917. The van der Waals surface area contributed by atoms with Gasteiger partial charge in [0.15, 0.2) is 5.69 Å². The Hall–Kier alpha value is -2.22. The first kappa shape index (κ1) is 14.2. The lowest BCUT2D eigenvalue weighted by Crippen LogP contribution is -2.22. The summed E-state index contributed by atoms with van der Waals surface area (Å²) in [6, 6.07) is 4.01. The zero-order valence-corrected chi connectivity index (χ0v) is 11.7. The Morgan fingerprint density at radius 2 is 2.15 bits per heavy atom. The predicted molar refractivity (Wildman–Crippen MR) is 72.5 cm³/mol. The Kier molecular flexibility index (Phi) is 4.46. The molecule has 2 heterocycles. The minimum absolute atomic E-state index is 0.110. The molecule has 1 amide bonds. The van der Waals surface area contributed by atoms with Crippen LogP contribution in [0.3, 0.4) is 0 Å². The zero-order valence-electron chi connectivity index (χ0n) is 10.9. The summed E-state index contributed by atoms with van der Waals surface area (Å²) in [6.07, 6.45) is 2.29. The molecule has 0 spiro atoms. The molecule has 0 fully saturated rings. The fourth-order valence-corrected chi connectivity index (χ4v) is 2.48. The maximum absolute atomic E-state index is 11.8. The number of hydrogen-bond acceptors (Lipinski definition) is 5. The van der Waals surface area contributed by atoms with Crippen molar-refractivity contribution in [2.24, 2.45) is 0 Å². The number of carbonyl (C=O) groups is 2. The van der Waals surface area contributed by atoms with Crippen LogP contribution in [0.5, 0.6) is 0 Å². The maximum atomic E-state index is 11.8. The normalized spacial score (nSPS) is 10.4. The molecule has 106 valence electrons. The topological polar surface area (TPSA) is 97.1 Å². The van der Waals surface area contributed by atoms with E-state index in [9.17, 15) is 9.59 Å². The highest BCUT2D eigenvalue weighted by Gasteiger charge is 2.12. The number of carboxylic acid groups (broad SMARTS) is 1. The van der Waals surface area contributed by atoms with Gasteiger partial charge in [-0.2, -0.15) is 0 Å². The molecule has 0 saturated carbocycles. The van der Waals surface area contributed by atoms with E-state index in [-0.39, 0.29) is 18.1 Å². The lowest BCUT2D eigenvalue weighted by molar-refractivity contribution is -0.137. The molecule has 0 aliphatic carbocycles. The van der Waals surface area contributed by atoms with Crippen molar-refractivity contribution in [3.8, 4) is 0 Å². The number of aromatic nitrogens is 3. The van der Waals surface area contributed by atoms with Gasteiger partial charge in [0.05, 0.1) is 12.7 Å². The van der Waals surface area contributed by atoms with Crippen LogP contribution in [-0.4, -0.2) is 32.0 Å². The molecule has 7 nitrogen and oxygen atoms in total. The number of rotatable bonds is 6. The molecule has 0 aliphatic rings. The van der Waals surface area contributed by atoms with Crippen molar-refractivity contribution in [2.75, 3.05) is 0 Å². The van der Waals surface area contributed by atoms with Crippen molar-refractivity contribution >= 4 is 23.2 Å². The van der Waals surface area contributed by atoms with E-state index >= 15 is 0 Å². The number of carbonyl (C=O) groups excluding carboxylic acids is 1. The fraction of sp³-hybridized carbons (Fsp3) is 0.333. The van der Waals surface area contributed by atoms with Crippen molar-refractivity contribution in [2.45, 2.75) is 26.4 Å². The van der Waals surface area contributed by atoms with Gasteiger partial charge < -0.3 is 10.4 Å². The van der Waals surface area contributed by atoms with Crippen molar-refractivity contribution in [3.63, 3.8) is 0 Å². The Morgan fingerprint density at radius 1 is 1.40 bits per heavy atom. The molecular formula is C12H14N4O3S. The average Bonchev–Trinajstić information content (AvgIpc) is 3.04. The molecule has 0 bridgehead atoms. The van der Waals surface area contributed by atoms with Crippen molar-refractivity contribution < 1.29 is 14.7 Å². The largest absolute Gasteiger partial charge is 0.480 e. The van der Waals surface area contributed by atoms with Crippen LogP contribution >= 0.6 is 11.3 Å². The molecule has 0 atom stereocenters. The first-order valence-corrected chi connectivity index (χ1v) is 6.88. The summed E-state index contributed by atoms with van der Waals surface area (Å²) in [5.74, 6) is -1.40. The highest BCUT2D eigenvalue weighted by molar-refractivity contribution is 7.11. The Labute approximate surface area is 119 Å². The lowest BCUT2D eigenvalue weighted by atomic mass is 10.3. The van der Waals surface area contributed by atoms with E-state index in [1.54, 1.807) is 11.3 Å². The summed E-state index contributed by atoms with van der Waals surface area (Å²) >= 11 is 1.65. The quantitative estimate of drug-likeness (QED) is 0.825. The van der Waals surface area contributed by atoms with Gasteiger partial charge in [0.2, 0.25) is 0 Å². The minimum atomic E-state index is -1.03. The van der Waals surface area contributed by atoms with Crippen LogP contribution in [0.15, 0.2) is 18.3 Å². The standard InChI is InChI=1S/C12H14N4O3S/c1-2-8-3-4-9(20-8)5-13-12(19)10-6-16(15-14-10)7-11(17)18/h3-4,6H,2,5,7H2,1H3,(H,13,19)(H,17,18). The van der Waals surface area contributed by atoms with Crippen LogP contribution in [-0.2, 0) is 24.3 Å². The molecule has 0 aromatic carbocycles. The third-order valence-corrected chi connectivity index (χ3v) is 3.79. The second kappa shape index (κ2) is 6.29. The van der Waals surface area contributed by atoms with E-state index in [0.29, 0.717) is 6.54 Å². The van der Waals surface area contributed by atoms with Gasteiger partial charge in [-0.15, -0.1) is 16.4 Å². The van der Waals surface area contributed by atoms with E-state index in [1.807, 2.05) is 12.1 Å². The van der Waals surface area contributed by atoms with Gasteiger partial charge in [0.1, 0.15) is 6.54 Å². The lowest BCUT2D eigenvalue weighted by Gasteiger charge is -1.99. The Bertz CT molecular complexity index is 620. The molecule has 0 aliphatic heterocycles. The summed E-state index contributed by atoms with van der Waals surface area (Å²) in [5, 5.41) is 18.6. The number of aryl methyl sites for hydroxylation is 1.